The Kier molecular flexibility index (Phi) is 5.67. The fraction of sp³-hybridized carbons (Fsp3) is 0.765. The van der Waals surface area contributed by atoms with Crippen molar-refractivity contribution in [2.24, 2.45) is 0 Å². The van der Waals surface area contributed by atoms with Gasteiger partial charge in [-0.3, -0.25) is 14.7 Å². The van der Waals surface area contributed by atoms with E-state index in [1.54, 1.807) is 6.92 Å². The molecule has 0 saturated carbocycles. The summed E-state index contributed by atoms with van der Waals surface area (Å²) in [4.78, 5) is 32.6. The normalized spacial score (nSPS) is 24.4. The average molecular weight is 349 g/mol. The second kappa shape index (κ2) is 7.95. The van der Waals surface area contributed by atoms with Gasteiger partial charge in [-0.15, -0.1) is 0 Å². The van der Waals surface area contributed by atoms with Gasteiger partial charge in [-0.25, -0.2) is 4.98 Å². The van der Waals surface area contributed by atoms with E-state index in [0.717, 1.165) is 38.1 Å². The van der Waals surface area contributed by atoms with Gasteiger partial charge >= 0.3 is 0 Å². The van der Waals surface area contributed by atoms with Crippen LogP contribution in [0.25, 0.3) is 0 Å². The van der Waals surface area contributed by atoms with Crippen LogP contribution in [0.5, 0.6) is 0 Å². The summed E-state index contributed by atoms with van der Waals surface area (Å²) in [5.41, 5.74) is 0. The highest BCUT2D eigenvalue weighted by molar-refractivity contribution is 5.79. The number of aryl methyl sites for hydroxylation is 1. The van der Waals surface area contributed by atoms with Gasteiger partial charge in [-0.05, 0) is 19.3 Å². The van der Waals surface area contributed by atoms with Crippen molar-refractivity contribution in [1.29, 1.82) is 0 Å². The van der Waals surface area contributed by atoms with Crippen LogP contribution < -0.4 is 0 Å². The Labute approximate surface area is 147 Å². The first-order chi connectivity index (χ1) is 12.1. The monoisotopic (exact) mass is 349 g/mol. The van der Waals surface area contributed by atoms with Crippen LogP contribution in [0.3, 0.4) is 0 Å². The van der Waals surface area contributed by atoms with Crippen molar-refractivity contribution in [1.82, 2.24) is 25.0 Å². The third kappa shape index (κ3) is 4.18. The van der Waals surface area contributed by atoms with Crippen LogP contribution in [-0.2, 0) is 20.7 Å². The van der Waals surface area contributed by atoms with Crippen molar-refractivity contribution in [3.63, 3.8) is 0 Å². The number of morpholine rings is 1. The number of rotatable bonds is 4. The Morgan fingerprint density at radius 2 is 2.16 bits per heavy atom. The fourth-order valence-electron chi connectivity index (χ4n) is 3.60. The van der Waals surface area contributed by atoms with Gasteiger partial charge in [-0.1, -0.05) is 6.92 Å². The van der Waals surface area contributed by atoms with Crippen molar-refractivity contribution in [3.05, 3.63) is 11.6 Å². The van der Waals surface area contributed by atoms with E-state index in [9.17, 15) is 9.59 Å². The summed E-state index contributed by atoms with van der Waals surface area (Å²) in [5, 5.41) is 7.10. The molecule has 0 radical (unpaired) electrons. The molecule has 1 aromatic heterocycles. The number of hydrogen-bond donors (Lipinski definition) is 1. The highest BCUT2D eigenvalue weighted by Crippen LogP contribution is 2.23. The van der Waals surface area contributed by atoms with E-state index in [1.807, 2.05) is 16.7 Å². The minimum absolute atomic E-state index is 0.0234. The molecule has 0 spiro atoms. The van der Waals surface area contributed by atoms with Gasteiger partial charge in [0.1, 0.15) is 11.9 Å². The van der Waals surface area contributed by atoms with Gasteiger partial charge < -0.3 is 14.5 Å². The highest BCUT2D eigenvalue weighted by Gasteiger charge is 2.32. The molecule has 25 heavy (non-hydrogen) atoms. The molecular weight excluding hydrogens is 322 g/mol. The Balaban J connectivity index is 1.60. The van der Waals surface area contributed by atoms with E-state index in [1.165, 1.54) is 0 Å². The lowest BCUT2D eigenvalue weighted by Gasteiger charge is -2.37. The van der Waals surface area contributed by atoms with Crippen molar-refractivity contribution in [2.75, 3.05) is 26.2 Å². The molecule has 1 aromatic rings. The standard InChI is InChI=1S/C17H27N5O3/c1-3-15-18-17(20-19-15)14-11-21(8-9-25-14)16(24)10-13-6-4-5-7-22(13)12(2)23/h13-14H,3-11H2,1-2H3,(H,18,19,20). The molecule has 2 saturated heterocycles. The first-order valence-corrected chi connectivity index (χ1v) is 9.16. The summed E-state index contributed by atoms with van der Waals surface area (Å²) in [6, 6.07) is 0.0234. The molecule has 2 aliphatic heterocycles. The number of carbonyl (C=O) groups excluding carboxylic acids is 2. The SMILES string of the molecule is CCc1nc(C2CN(C(=O)CC3CCCCN3C(C)=O)CCO2)n[nH]1. The third-order valence-corrected chi connectivity index (χ3v) is 5.03. The molecule has 8 heteroatoms. The van der Waals surface area contributed by atoms with Crippen LogP contribution in [-0.4, -0.2) is 69.1 Å². The van der Waals surface area contributed by atoms with Crippen molar-refractivity contribution in [3.8, 4) is 0 Å². The van der Waals surface area contributed by atoms with Crippen LogP contribution in [0.15, 0.2) is 0 Å². The van der Waals surface area contributed by atoms with Crippen LogP contribution >= 0.6 is 0 Å². The van der Waals surface area contributed by atoms with E-state index >= 15 is 0 Å². The lowest BCUT2D eigenvalue weighted by Crippen LogP contribution is -2.48. The second-order valence-electron chi connectivity index (χ2n) is 6.76. The van der Waals surface area contributed by atoms with E-state index < -0.39 is 0 Å². The van der Waals surface area contributed by atoms with Gasteiger partial charge in [0.15, 0.2) is 5.82 Å². The number of ether oxygens (including phenoxy) is 1. The zero-order chi connectivity index (χ0) is 17.8. The number of aromatic nitrogens is 3. The molecule has 8 nitrogen and oxygen atoms in total. The maximum atomic E-state index is 12.8. The van der Waals surface area contributed by atoms with Crippen LogP contribution in [0.2, 0.25) is 0 Å². The molecule has 0 aromatic carbocycles. The smallest absolute Gasteiger partial charge is 0.224 e. The number of aromatic amines is 1. The number of nitrogens with zero attached hydrogens (tertiary/aromatic N) is 4. The number of nitrogens with one attached hydrogen (secondary N) is 1. The maximum Gasteiger partial charge on any atom is 0.224 e. The summed E-state index contributed by atoms with van der Waals surface area (Å²) in [6.45, 7) is 5.87. The first kappa shape index (κ1) is 17.8. The van der Waals surface area contributed by atoms with Gasteiger partial charge in [0, 0.05) is 38.9 Å². The molecule has 3 rings (SSSR count). The third-order valence-electron chi connectivity index (χ3n) is 5.03. The Morgan fingerprint density at radius 1 is 1.32 bits per heavy atom. The Morgan fingerprint density at radius 3 is 2.88 bits per heavy atom. The van der Waals surface area contributed by atoms with Crippen molar-refractivity contribution in [2.45, 2.75) is 58.1 Å². The van der Waals surface area contributed by atoms with E-state index in [-0.39, 0.29) is 24.0 Å². The van der Waals surface area contributed by atoms with Crippen LogP contribution in [0.4, 0.5) is 0 Å². The summed E-state index contributed by atoms with van der Waals surface area (Å²) in [6.07, 6.45) is 3.88. The van der Waals surface area contributed by atoms with Crippen LogP contribution in [0, 0.1) is 0 Å². The van der Waals surface area contributed by atoms with E-state index in [4.69, 9.17) is 4.74 Å². The largest absolute Gasteiger partial charge is 0.366 e. The summed E-state index contributed by atoms with van der Waals surface area (Å²) < 4.78 is 5.75. The summed E-state index contributed by atoms with van der Waals surface area (Å²) in [7, 11) is 0. The second-order valence-corrected chi connectivity index (χ2v) is 6.76. The van der Waals surface area contributed by atoms with Gasteiger partial charge in [0.2, 0.25) is 11.8 Å². The van der Waals surface area contributed by atoms with E-state index in [2.05, 4.69) is 15.2 Å². The van der Waals surface area contributed by atoms with Gasteiger partial charge in [0.25, 0.3) is 0 Å². The number of amides is 2. The summed E-state index contributed by atoms with van der Waals surface area (Å²) >= 11 is 0. The van der Waals surface area contributed by atoms with Crippen LogP contribution in [0.1, 0.15) is 57.3 Å². The fourth-order valence-corrected chi connectivity index (χ4v) is 3.60. The first-order valence-electron chi connectivity index (χ1n) is 9.16. The molecule has 2 aliphatic rings. The Hall–Kier alpha value is -1.96. The lowest BCUT2D eigenvalue weighted by atomic mass is 9.98. The van der Waals surface area contributed by atoms with Gasteiger partial charge in [-0.2, -0.15) is 5.10 Å². The molecule has 0 bridgehead atoms. The van der Waals surface area contributed by atoms with Gasteiger partial charge in [0.05, 0.1) is 13.2 Å². The number of H-pyrrole nitrogens is 1. The van der Waals surface area contributed by atoms with Crippen molar-refractivity contribution >= 4 is 11.8 Å². The molecule has 2 unspecified atom stereocenters. The highest BCUT2D eigenvalue weighted by atomic mass is 16.5. The molecule has 2 atom stereocenters. The predicted octanol–water partition coefficient (Wildman–Crippen LogP) is 1.06. The molecule has 2 amide bonds. The molecule has 1 N–H and O–H groups in total. The molecule has 0 aliphatic carbocycles. The molecule has 138 valence electrons. The molecular formula is C17H27N5O3. The minimum atomic E-state index is -0.287. The maximum absolute atomic E-state index is 12.8. The number of hydrogen-bond acceptors (Lipinski definition) is 5. The van der Waals surface area contributed by atoms with Crippen molar-refractivity contribution < 1.29 is 14.3 Å². The molecule has 2 fully saturated rings. The molecule has 3 heterocycles. The Bertz CT molecular complexity index is 617. The topological polar surface area (TPSA) is 91.4 Å². The minimum Gasteiger partial charge on any atom is -0.366 e. The average Bonchev–Trinajstić information content (AvgIpc) is 3.11. The van der Waals surface area contributed by atoms with E-state index in [0.29, 0.717) is 31.9 Å². The zero-order valence-corrected chi connectivity index (χ0v) is 15.0. The number of carbonyl (C=O) groups is 2. The summed E-state index contributed by atoms with van der Waals surface area (Å²) in [5.74, 6) is 1.57. The zero-order valence-electron chi connectivity index (χ0n) is 15.0. The quantitative estimate of drug-likeness (QED) is 0.877. The lowest BCUT2D eigenvalue weighted by molar-refractivity contribution is -0.142. The number of piperidine rings is 1. The predicted molar refractivity (Wildman–Crippen MR) is 90.7 cm³/mol. The number of likely N-dealkylation sites (tertiary alicyclic amines) is 1.